The molecule has 0 heterocycles. The number of hydrogen-bond donors (Lipinski definition) is 2. The Morgan fingerprint density at radius 2 is 2.20 bits per heavy atom. The van der Waals surface area contributed by atoms with E-state index in [1.165, 1.54) is 0 Å². The maximum atomic E-state index is 12.0. The second kappa shape index (κ2) is 8.36. The number of nitrogens with one attached hydrogen (secondary N) is 1. The maximum absolute atomic E-state index is 12.0. The third-order valence-electron chi connectivity index (χ3n) is 3.07. The number of carbonyl (C=O) groups excluding carboxylic acids is 1. The first-order valence-electron chi connectivity index (χ1n) is 6.73. The summed E-state index contributed by atoms with van der Waals surface area (Å²) in [5.74, 6) is 5.26. The highest BCUT2D eigenvalue weighted by atomic mass is 16.2. The van der Waals surface area contributed by atoms with Crippen LogP contribution in [0.5, 0.6) is 0 Å². The van der Waals surface area contributed by atoms with Gasteiger partial charge in [-0.25, -0.2) is 0 Å². The number of aliphatic hydroxyl groups excluding tert-OH is 1. The Bertz CT molecular complexity index is 501. The van der Waals surface area contributed by atoms with Crippen molar-refractivity contribution in [2.24, 2.45) is 0 Å². The molecule has 2 N–H and O–H groups in total. The van der Waals surface area contributed by atoms with Crippen molar-refractivity contribution in [2.45, 2.75) is 19.9 Å². The zero-order chi connectivity index (χ0) is 15.0. The molecule has 1 aromatic rings. The Balaban J connectivity index is 2.55. The van der Waals surface area contributed by atoms with Gasteiger partial charge in [0.2, 0.25) is 0 Å². The molecule has 1 aromatic carbocycles. The Hall–Kier alpha value is -1.83. The van der Waals surface area contributed by atoms with Crippen molar-refractivity contribution in [2.75, 3.05) is 26.7 Å². The molecule has 108 valence electrons. The van der Waals surface area contributed by atoms with Crippen LogP contribution in [0.3, 0.4) is 0 Å². The highest BCUT2D eigenvalue weighted by Gasteiger charge is 2.07. The highest BCUT2D eigenvalue weighted by molar-refractivity contribution is 5.94. The van der Waals surface area contributed by atoms with Gasteiger partial charge in [0.25, 0.3) is 5.91 Å². The van der Waals surface area contributed by atoms with E-state index < -0.39 is 0 Å². The van der Waals surface area contributed by atoms with Crippen molar-refractivity contribution in [1.29, 1.82) is 0 Å². The number of benzene rings is 1. The fourth-order valence-corrected chi connectivity index (χ4v) is 1.59. The van der Waals surface area contributed by atoms with Crippen LogP contribution in [0.15, 0.2) is 24.3 Å². The normalized spacial score (nSPS) is 10.3. The zero-order valence-electron chi connectivity index (χ0n) is 12.3. The van der Waals surface area contributed by atoms with Crippen LogP contribution in [0.1, 0.15) is 29.8 Å². The average Bonchev–Trinajstić information content (AvgIpc) is 2.45. The standard InChI is InChI=1S/C16H22N2O2/c1-13(2)18(3)10-9-17-16(20)15-8-4-6-14(12-15)7-5-11-19/h4,6,8,12-13,19H,9-11H2,1-3H3,(H,17,20). The predicted octanol–water partition coefficient (Wildman–Crippen LogP) is 1.10. The lowest BCUT2D eigenvalue weighted by molar-refractivity contribution is 0.0948. The monoisotopic (exact) mass is 274 g/mol. The van der Waals surface area contributed by atoms with Crippen LogP contribution in [-0.4, -0.2) is 48.7 Å². The molecule has 4 nitrogen and oxygen atoms in total. The smallest absolute Gasteiger partial charge is 0.251 e. The van der Waals surface area contributed by atoms with Gasteiger partial charge in [0.1, 0.15) is 6.61 Å². The Kier molecular flexibility index (Phi) is 6.78. The third-order valence-corrected chi connectivity index (χ3v) is 3.07. The van der Waals surface area contributed by atoms with Crippen LogP contribution < -0.4 is 5.32 Å². The van der Waals surface area contributed by atoms with Crippen molar-refractivity contribution >= 4 is 5.91 Å². The molecule has 1 rings (SSSR count). The van der Waals surface area contributed by atoms with Gasteiger partial charge in [0.15, 0.2) is 0 Å². The first-order valence-corrected chi connectivity index (χ1v) is 6.73. The van der Waals surface area contributed by atoms with Crippen LogP contribution in [0.2, 0.25) is 0 Å². The van der Waals surface area contributed by atoms with Crippen molar-refractivity contribution in [3.05, 3.63) is 35.4 Å². The molecular formula is C16H22N2O2. The molecule has 0 unspecified atom stereocenters. The third kappa shape index (κ3) is 5.43. The molecule has 0 aliphatic heterocycles. The summed E-state index contributed by atoms with van der Waals surface area (Å²) in [6.07, 6.45) is 0. The van der Waals surface area contributed by atoms with Gasteiger partial charge in [-0.15, -0.1) is 0 Å². The Morgan fingerprint density at radius 1 is 1.45 bits per heavy atom. The van der Waals surface area contributed by atoms with Crippen molar-refractivity contribution < 1.29 is 9.90 Å². The molecule has 0 aliphatic carbocycles. The molecule has 20 heavy (non-hydrogen) atoms. The van der Waals surface area contributed by atoms with Gasteiger partial charge in [-0.1, -0.05) is 17.9 Å². The second-order valence-electron chi connectivity index (χ2n) is 4.87. The first kappa shape index (κ1) is 16.2. The topological polar surface area (TPSA) is 52.6 Å². The van der Waals surface area contributed by atoms with Gasteiger partial charge in [-0.2, -0.15) is 0 Å². The van der Waals surface area contributed by atoms with Gasteiger partial charge in [0.05, 0.1) is 0 Å². The number of likely N-dealkylation sites (N-methyl/N-ethyl adjacent to an activating group) is 1. The van der Waals surface area contributed by atoms with E-state index in [1.807, 2.05) is 13.1 Å². The SMILES string of the molecule is CC(C)N(C)CCNC(=O)c1cccc(C#CCO)c1. The largest absolute Gasteiger partial charge is 0.384 e. The summed E-state index contributed by atoms with van der Waals surface area (Å²) < 4.78 is 0. The highest BCUT2D eigenvalue weighted by Crippen LogP contribution is 2.04. The van der Waals surface area contributed by atoms with Crippen molar-refractivity contribution in [3.63, 3.8) is 0 Å². The van der Waals surface area contributed by atoms with Gasteiger partial charge in [-0.05, 0) is 39.1 Å². The van der Waals surface area contributed by atoms with E-state index >= 15 is 0 Å². The van der Waals surface area contributed by atoms with E-state index in [-0.39, 0.29) is 12.5 Å². The minimum Gasteiger partial charge on any atom is -0.384 e. The first-order chi connectivity index (χ1) is 9.54. The summed E-state index contributed by atoms with van der Waals surface area (Å²) in [4.78, 5) is 14.2. The second-order valence-corrected chi connectivity index (χ2v) is 4.87. The molecule has 0 fully saturated rings. The van der Waals surface area contributed by atoms with E-state index in [1.54, 1.807) is 18.2 Å². The molecule has 0 aromatic heterocycles. The molecule has 4 heteroatoms. The zero-order valence-corrected chi connectivity index (χ0v) is 12.3. The Labute approximate surface area is 120 Å². The predicted molar refractivity (Wildman–Crippen MR) is 80.5 cm³/mol. The molecule has 0 spiro atoms. The number of carbonyl (C=O) groups is 1. The van der Waals surface area contributed by atoms with E-state index in [4.69, 9.17) is 5.11 Å². The summed E-state index contributed by atoms with van der Waals surface area (Å²) in [6.45, 7) is 5.47. The summed E-state index contributed by atoms with van der Waals surface area (Å²) in [6, 6.07) is 7.54. The summed E-state index contributed by atoms with van der Waals surface area (Å²) in [5.41, 5.74) is 1.31. The molecular weight excluding hydrogens is 252 g/mol. The van der Waals surface area contributed by atoms with Crippen LogP contribution in [0, 0.1) is 11.8 Å². The number of hydrogen-bond acceptors (Lipinski definition) is 3. The Morgan fingerprint density at radius 3 is 2.85 bits per heavy atom. The van der Waals surface area contributed by atoms with Crippen molar-refractivity contribution in [3.8, 4) is 11.8 Å². The van der Waals surface area contributed by atoms with E-state index in [9.17, 15) is 4.79 Å². The molecule has 0 saturated carbocycles. The minimum atomic E-state index is -0.183. The lowest BCUT2D eigenvalue weighted by Gasteiger charge is -2.20. The van der Waals surface area contributed by atoms with Crippen LogP contribution in [-0.2, 0) is 0 Å². The fraction of sp³-hybridized carbons (Fsp3) is 0.438. The molecule has 1 amide bonds. The lowest BCUT2D eigenvalue weighted by Crippen LogP contribution is -2.36. The number of aliphatic hydroxyl groups is 1. The van der Waals surface area contributed by atoms with Crippen LogP contribution in [0.25, 0.3) is 0 Å². The van der Waals surface area contributed by atoms with Gasteiger partial charge >= 0.3 is 0 Å². The van der Waals surface area contributed by atoms with Gasteiger partial charge < -0.3 is 15.3 Å². The lowest BCUT2D eigenvalue weighted by atomic mass is 10.1. The number of rotatable bonds is 5. The number of nitrogens with zero attached hydrogens (tertiary/aromatic N) is 1. The van der Waals surface area contributed by atoms with E-state index in [2.05, 4.69) is 35.9 Å². The van der Waals surface area contributed by atoms with Crippen LogP contribution in [0.4, 0.5) is 0 Å². The molecule has 0 saturated heterocycles. The van der Waals surface area contributed by atoms with Gasteiger partial charge in [-0.3, -0.25) is 4.79 Å². The van der Waals surface area contributed by atoms with Crippen LogP contribution >= 0.6 is 0 Å². The van der Waals surface area contributed by atoms with Gasteiger partial charge in [0, 0.05) is 30.3 Å². The fourth-order valence-electron chi connectivity index (χ4n) is 1.59. The number of amides is 1. The summed E-state index contributed by atoms with van der Waals surface area (Å²) in [7, 11) is 2.03. The molecule has 0 radical (unpaired) electrons. The maximum Gasteiger partial charge on any atom is 0.251 e. The minimum absolute atomic E-state index is 0.102. The summed E-state index contributed by atoms with van der Waals surface area (Å²) in [5, 5.41) is 11.6. The quantitative estimate of drug-likeness (QED) is 0.791. The molecule has 0 bridgehead atoms. The van der Waals surface area contributed by atoms with Crippen molar-refractivity contribution in [1.82, 2.24) is 10.2 Å². The summed E-state index contributed by atoms with van der Waals surface area (Å²) >= 11 is 0. The molecule has 0 atom stereocenters. The van der Waals surface area contributed by atoms with E-state index in [0.717, 1.165) is 12.1 Å². The van der Waals surface area contributed by atoms with E-state index in [0.29, 0.717) is 18.2 Å². The molecule has 0 aliphatic rings. The average molecular weight is 274 g/mol.